The summed E-state index contributed by atoms with van der Waals surface area (Å²) in [6.45, 7) is 5.37. The third-order valence-electron chi connectivity index (χ3n) is 13.1. The van der Waals surface area contributed by atoms with E-state index in [1.165, 1.54) is 199 Å². The number of carbonyl (C=O) groups is 2. The van der Waals surface area contributed by atoms with Crippen molar-refractivity contribution in [2.24, 2.45) is 0 Å². The highest BCUT2D eigenvalue weighted by atomic mass is 16.5. The Hall–Kier alpha value is -2.50. The van der Waals surface area contributed by atoms with Crippen LogP contribution in [-0.4, -0.2) is 30.4 Å². The summed E-state index contributed by atoms with van der Waals surface area (Å²) in [5.41, 5.74) is 2.13. The molecule has 0 aliphatic rings. The second-order valence-corrected chi connectivity index (χ2v) is 19.0. The van der Waals surface area contributed by atoms with Crippen LogP contribution in [0.5, 0.6) is 0 Å². The first kappa shape index (κ1) is 56.6. The fraction of sp³-hybridized carbons (Fsp3) is 0.759. The number of hydrogen-bond donors (Lipinski definition) is 1. The van der Waals surface area contributed by atoms with Crippen LogP contribution in [0.2, 0.25) is 0 Å². The lowest BCUT2D eigenvalue weighted by molar-refractivity contribution is -0.135. The molecule has 2 aromatic carbocycles. The van der Waals surface area contributed by atoms with Gasteiger partial charge in [0.25, 0.3) is 0 Å². The Bertz CT molecular complexity index is 1250. The molecule has 5 nitrogen and oxygen atoms in total. The van der Waals surface area contributed by atoms with Gasteiger partial charge in [-0.15, -0.1) is 0 Å². The number of nitrogens with one attached hydrogen (secondary N) is 1. The standard InChI is InChI=1S/C58H99NO4/c1-3-5-7-9-11-13-15-17-18-19-20-21-22-23-24-25-26-27-29-31-33-35-43-49-57(61)59-55(50-60)58(63-52-54-46-40-37-41-47-54)56(62-51-53-44-38-36-39-45-53)48-42-34-32-30-28-16-14-12-10-8-6-4-2/h36-41,44-47,50,55-56,58H,3-35,42-43,48-49,51-52H2,1-2H3,(H,59,61)/t55-,56+,58-/m0/s1. The molecule has 1 N–H and O–H groups in total. The molecule has 0 aromatic heterocycles. The zero-order chi connectivity index (χ0) is 44.9. The van der Waals surface area contributed by atoms with Gasteiger partial charge in [-0.25, -0.2) is 0 Å². The molecule has 0 radical (unpaired) electrons. The highest BCUT2D eigenvalue weighted by molar-refractivity contribution is 5.79. The van der Waals surface area contributed by atoms with E-state index in [0.717, 1.165) is 49.5 Å². The summed E-state index contributed by atoms with van der Waals surface area (Å²) in [6, 6.07) is 19.5. The van der Waals surface area contributed by atoms with Crippen molar-refractivity contribution in [1.82, 2.24) is 5.32 Å². The van der Waals surface area contributed by atoms with Gasteiger partial charge in [0.1, 0.15) is 18.4 Å². The monoisotopic (exact) mass is 874 g/mol. The van der Waals surface area contributed by atoms with Gasteiger partial charge in [0.15, 0.2) is 0 Å². The maximum atomic E-state index is 13.3. The van der Waals surface area contributed by atoms with Gasteiger partial charge in [-0.1, -0.05) is 293 Å². The van der Waals surface area contributed by atoms with Crippen LogP contribution in [0.25, 0.3) is 0 Å². The van der Waals surface area contributed by atoms with Gasteiger partial charge in [-0.05, 0) is 24.0 Å². The molecule has 0 bridgehead atoms. The van der Waals surface area contributed by atoms with Gasteiger partial charge in [-0.3, -0.25) is 4.79 Å². The fourth-order valence-electron chi connectivity index (χ4n) is 9.04. The number of carbonyl (C=O) groups excluding carboxylic acids is 2. The second kappa shape index (κ2) is 43.4. The molecule has 0 saturated heterocycles. The molecule has 2 rings (SSSR count). The maximum absolute atomic E-state index is 13.3. The summed E-state index contributed by atoms with van der Waals surface area (Å²) < 4.78 is 13.2. The van der Waals surface area contributed by atoms with E-state index in [2.05, 4.69) is 31.3 Å². The Morgan fingerprint density at radius 1 is 0.444 bits per heavy atom. The van der Waals surface area contributed by atoms with Crippen LogP contribution >= 0.6 is 0 Å². The lowest BCUT2D eigenvalue weighted by Crippen LogP contribution is -2.51. The maximum Gasteiger partial charge on any atom is 0.220 e. The van der Waals surface area contributed by atoms with E-state index in [9.17, 15) is 9.59 Å². The summed E-state index contributed by atoms with van der Waals surface area (Å²) in [5, 5.41) is 3.08. The average Bonchev–Trinajstić information content (AvgIpc) is 3.31. The molecular formula is C58H99NO4. The number of benzene rings is 2. The van der Waals surface area contributed by atoms with Crippen molar-refractivity contribution >= 4 is 12.2 Å². The minimum Gasteiger partial charge on any atom is -0.371 e. The first-order valence-electron chi connectivity index (χ1n) is 27.2. The minimum absolute atomic E-state index is 0.0731. The van der Waals surface area contributed by atoms with E-state index >= 15 is 0 Å². The molecule has 0 fully saturated rings. The minimum atomic E-state index is -0.774. The smallest absolute Gasteiger partial charge is 0.220 e. The van der Waals surface area contributed by atoms with Crippen LogP contribution < -0.4 is 5.32 Å². The molecule has 5 heteroatoms. The Labute approximate surface area is 389 Å². The molecule has 0 heterocycles. The predicted molar refractivity (Wildman–Crippen MR) is 270 cm³/mol. The molecule has 2 aromatic rings. The number of hydrogen-bond acceptors (Lipinski definition) is 4. The van der Waals surface area contributed by atoms with Crippen LogP contribution in [0.15, 0.2) is 60.7 Å². The Balaban J connectivity index is 1.68. The summed E-state index contributed by atoms with van der Waals surface area (Å²) in [4.78, 5) is 26.1. The third kappa shape index (κ3) is 33.6. The van der Waals surface area contributed by atoms with Crippen LogP contribution in [0, 0.1) is 0 Å². The lowest BCUT2D eigenvalue weighted by atomic mass is 9.98. The molecule has 0 saturated carbocycles. The normalized spacial score (nSPS) is 12.9. The van der Waals surface area contributed by atoms with Crippen molar-refractivity contribution in [2.75, 3.05) is 0 Å². The Kier molecular flexibility index (Phi) is 39.0. The van der Waals surface area contributed by atoms with E-state index in [1.807, 2.05) is 48.5 Å². The molecular weight excluding hydrogens is 775 g/mol. The van der Waals surface area contributed by atoms with E-state index in [-0.39, 0.29) is 12.0 Å². The topological polar surface area (TPSA) is 64.6 Å². The van der Waals surface area contributed by atoms with E-state index in [4.69, 9.17) is 9.47 Å². The van der Waals surface area contributed by atoms with Crippen molar-refractivity contribution in [3.05, 3.63) is 71.8 Å². The highest BCUT2D eigenvalue weighted by Crippen LogP contribution is 2.22. The Morgan fingerprint density at radius 3 is 1.11 bits per heavy atom. The van der Waals surface area contributed by atoms with E-state index < -0.39 is 12.1 Å². The number of amides is 1. The molecule has 1 amide bonds. The van der Waals surface area contributed by atoms with Gasteiger partial charge < -0.3 is 19.6 Å². The molecule has 0 aliphatic carbocycles. The fourth-order valence-corrected chi connectivity index (χ4v) is 9.04. The summed E-state index contributed by atoms with van der Waals surface area (Å²) in [6.07, 6.45) is 47.7. The largest absolute Gasteiger partial charge is 0.371 e. The quantitative estimate of drug-likeness (QED) is 0.0531. The van der Waals surface area contributed by atoms with Crippen LogP contribution in [0.1, 0.15) is 263 Å². The van der Waals surface area contributed by atoms with Gasteiger partial charge in [0, 0.05) is 6.42 Å². The van der Waals surface area contributed by atoms with Crippen molar-refractivity contribution in [1.29, 1.82) is 0 Å². The van der Waals surface area contributed by atoms with E-state index in [0.29, 0.717) is 19.6 Å². The van der Waals surface area contributed by atoms with Gasteiger partial charge in [-0.2, -0.15) is 0 Å². The van der Waals surface area contributed by atoms with Crippen molar-refractivity contribution in [2.45, 2.75) is 283 Å². The zero-order valence-electron chi connectivity index (χ0n) is 41.3. The second-order valence-electron chi connectivity index (χ2n) is 19.0. The molecule has 0 aliphatic heterocycles. The molecule has 63 heavy (non-hydrogen) atoms. The first-order chi connectivity index (χ1) is 31.2. The van der Waals surface area contributed by atoms with Crippen LogP contribution in [0.4, 0.5) is 0 Å². The number of aldehydes is 1. The van der Waals surface area contributed by atoms with Crippen LogP contribution in [-0.2, 0) is 32.3 Å². The van der Waals surface area contributed by atoms with Gasteiger partial charge >= 0.3 is 0 Å². The van der Waals surface area contributed by atoms with Gasteiger partial charge in [0.2, 0.25) is 5.91 Å². The molecule has 360 valence electrons. The summed E-state index contributed by atoms with van der Waals surface area (Å²) in [5.74, 6) is -0.0731. The van der Waals surface area contributed by atoms with Crippen molar-refractivity contribution in [3.63, 3.8) is 0 Å². The number of rotatable bonds is 47. The average molecular weight is 874 g/mol. The van der Waals surface area contributed by atoms with Crippen molar-refractivity contribution < 1.29 is 19.1 Å². The van der Waals surface area contributed by atoms with Crippen molar-refractivity contribution in [3.8, 4) is 0 Å². The van der Waals surface area contributed by atoms with E-state index in [1.54, 1.807) is 0 Å². The highest BCUT2D eigenvalue weighted by Gasteiger charge is 2.32. The summed E-state index contributed by atoms with van der Waals surface area (Å²) >= 11 is 0. The molecule has 0 spiro atoms. The summed E-state index contributed by atoms with van der Waals surface area (Å²) in [7, 11) is 0. The number of unbranched alkanes of at least 4 members (excludes halogenated alkanes) is 33. The predicted octanol–water partition coefficient (Wildman–Crippen LogP) is 17.3. The third-order valence-corrected chi connectivity index (χ3v) is 13.1. The molecule has 0 unspecified atom stereocenters. The lowest BCUT2D eigenvalue weighted by Gasteiger charge is -2.32. The van der Waals surface area contributed by atoms with Crippen LogP contribution in [0.3, 0.4) is 0 Å². The molecule has 3 atom stereocenters. The SMILES string of the molecule is CCCCCCCCCCCCCCCCCCCCCCCCCC(=O)N[C@@H](C=O)[C@H](OCc1ccccc1)[C@@H](CCCCCCCCCCCCCC)OCc1ccccc1. The Morgan fingerprint density at radius 2 is 0.762 bits per heavy atom. The zero-order valence-corrected chi connectivity index (χ0v) is 41.3. The van der Waals surface area contributed by atoms with Gasteiger partial charge in [0.05, 0.1) is 19.3 Å². The first-order valence-corrected chi connectivity index (χ1v) is 27.2. The number of ether oxygens (including phenoxy) is 2.